The zero-order valence-corrected chi connectivity index (χ0v) is 22.9. The number of halogens is 1. The van der Waals surface area contributed by atoms with Crippen molar-refractivity contribution < 1.29 is 28.6 Å². The smallest absolute Gasteiger partial charge is 0.337 e. The van der Waals surface area contributed by atoms with Gasteiger partial charge in [-0.3, -0.25) is 14.7 Å². The summed E-state index contributed by atoms with van der Waals surface area (Å²) in [6.45, 7) is 7.71. The molecule has 3 heterocycles. The fourth-order valence-electron chi connectivity index (χ4n) is 5.63. The maximum atomic E-state index is 13.5. The third kappa shape index (κ3) is 5.65. The molecule has 0 atom stereocenters. The zero-order chi connectivity index (χ0) is 28.2. The monoisotopic (exact) mass is 547 g/mol. The van der Waals surface area contributed by atoms with Crippen LogP contribution in [-0.2, 0) is 13.0 Å². The Labute approximate surface area is 233 Å². The summed E-state index contributed by atoms with van der Waals surface area (Å²) in [5.74, 6) is -0.137. The number of ether oxygens (including phenoxy) is 2. The second kappa shape index (κ2) is 12.0. The van der Waals surface area contributed by atoms with Crippen LogP contribution in [-0.4, -0.2) is 70.7 Å². The van der Waals surface area contributed by atoms with Crippen LogP contribution in [0.4, 0.5) is 4.39 Å². The van der Waals surface area contributed by atoms with E-state index in [9.17, 15) is 19.1 Å². The second-order valence-electron chi connectivity index (χ2n) is 10.1. The number of likely N-dealkylation sites (tertiary alicyclic amines) is 1. The molecule has 0 unspecified atom stereocenters. The van der Waals surface area contributed by atoms with Gasteiger partial charge in [0, 0.05) is 56.0 Å². The molecule has 0 spiro atoms. The number of nitrogens with zero attached hydrogens (tertiary/aromatic N) is 3. The molecule has 0 aliphatic carbocycles. The summed E-state index contributed by atoms with van der Waals surface area (Å²) in [5.41, 5.74) is 3.84. The Bertz CT molecular complexity index is 1390. The Morgan fingerprint density at radius 3 is 2.38 bits per heavy atom. The number of fused-ring (bicyclic) bond motifs is 1. The van der Waals surface area contributed by atoms with Gasteiger partial charge in [-0.25, -0.2) is 9.18 Å². The van der Waals surface area contributed by atoms with Gasteiger partial charge in [0.25, 0.3) is 5.91 Å². The highest BCUT2D eigenvalue weighted by molar-refractivity contribution is 5.99. The van der Waals surface area contributed by atoms with Crippen molar-refractivity contribution in [3.63, 3.8) is 0 Å². The molecule has 3 aromatic rings. The first-order valence-electron chi connectivity index (χ1n) is 13.8. The van der Waals surface area contributed by atoms with Crippen molar-refractivity contribution in [2.75, 3.05) is 32.8 Å². The standard InChI is InChI=1S/C31H34FN3O5/c1-3-39-28-21(7-10-25(29(28)40-4-2)20-5-8-23(32)9-6-20)19-34-14-11-24(12-15-34)35-16-13-27-26(30(35)36)17-22(18-33-27)31(37)38/h5-10,17-18,24H,3-4,11-16,19H2,1-2H3,(H,37,38). The third-order valence-corrected chi connectivity index (χ3v) is 7.62. The lowest BCUT2D eigenvalue weighted by Crippen LogP contribution is -2.50. The molecule has 8 nitrogen and oxygen atoms in total. The summed E-state index contributed by atoms with van der Waals surface area (Å²) in [6.07, 6.45) is 3.59. The van der Waals surface area contributed by atoms with Crippen LogP contribution in [0.3, 0.4) is 0 Å². The number of amides is 1. The molecule has 2 aliphatic rings. The molecule has 0 saturated carbocycles. The van der Waals surface area contributed by atoms with Crippen LogP contribution >= 0.6 is 0 Å². The first kappa shape index (κ1) is 27.6. The number of hydrogen-bond acceptors (Lipinski definition) is 6. The van der Waals surface area contributed by atoms with Gasteiger partial charge in [-0.1, -0.05) is 24.3 Å². The highest BCUT2D eigenvalue weighted by Crippen LogP contribution is 2.42. The van der Waals surface area contributed by atoms with Gasteiger partial charge in [0.2, 0.25) is 0 Å². The minimum atomic E-state index is -1.09. The number of aromatic carboxylic acids is 1. The zero-order valence-electron chi connectivity index (χ0n) is 22.9. The highest BCUT2D eigenvalue weighted by Gasteiger charge is 2.33. The van der Waals surface area contributed by atoms with E-state index in [-0.39, 0.29) is 23.3 Å². The summed E-state index contributed by atoms with van der Waals surface area (Å²) < 4.78 is 25.7. The van der Waals surface area contributed by atoms with Crippen molar-refractivity contribution in [1.29, 1.82) is 0 Å². The van der Waals surface area contributed by atoms with Crippen LogP contribution in [0.5, 0.6) is 11.5 Å². The molecule has 0 radical (unpaired) electrons. The number of carbonyl (C=O) groups is 2. The molecule has 210 valence electrons. The first-order chi connectivity index (χ1) is 19.4. The van der Waals surface area contributed by atoms with E-state index in [1.807, 2.05) is 24.8 Å². The number of carboxylic acid groups (broad SMARTS) is 1. The largest absolute Gasteiger partial charge is 0.490 e. The predicted octanol–water partition coefficient (Wildman–Crippen LogP) is 5.05. The van der Waals surface area contributed by atoms with Crippen LogP contribution < -0.4 is 9.47 Å². The number of benzene rings is 2. The lowest BCUT2D eigenvalue weighted by atomic mass is 9.96. The number of carboxylic acids is 1. The summed E-state index contributed by atoms with van der Waals surface area (Å²) in [6, 6.07) is 12.0. The summed E-state index contributed by atoms with van der Waals surface area (Å²) in [5, 5.41) is 9.32. The molecular formula is C31H34FN3O5. The van der Waals surface area contributed by atoms with Crippen molar-refractivity contribution in [3.05, 3.63) is 76.9 Å². The molecule has 1 N–H and O–H groups in total. The second-order valence-corrected chi connectivity index (χ2v) is 10.1. The molecular weight excluding hydrogens is 513 g/mol. The molecule has 2 aliphatic heterocycles. The van der Waals surface area contributed by atoms with E-state index in [2.05, 4.69) is 16.0 Å². The molecule has 5 rings (SSSR count). The Hall–Kier alpha value is -3.98. The Kier molecular flexibility index (Phi) is 8.30. The summed E-state index contributed by atoms with van der Waals surface area (Å²) in [4.78, 5) is 33.1. The molecule has 1 amide bonds. The minimum Gasteiger partial charge on any atom is -0.490 e. The van der Waals surface area contributed by atoms with Crippen LogP contribution in [0.25, 0.3) is 11.1 Å². The van der Waals surface area contributed by atoms with E-state index in [0.717, 1.165) is 42.6 Å². The number of piperidine rings is 1. The Morgan fingerprint density at radius 2 is 1.70 bits per heavy atom. The van der Waals surface area contributed by atoms with E-state index in [0.29, 0.717) is 55.5 Å². The number of carbonyl (C=O) groups excluding carboxylic acids is 1. The number of pyridine rings is 1. The number of hydrogen-bond donors (Lipinski definition) is 1. The highest BCUT2D eigenvalue weighted by atomic mass is 19.1. The molecule has 1 aromatic heterocycles. The lowest BCUT2D eigenvalue weighted by Gasteiger charge is -2.40. The van der Waals surface area contributed by atoms with Crippen LogP contribution in [0.15, 0.2) is 48.7 Å². The topological polar surface area (TPSA) is 92.2 Å². The average Bonchev–Trinajstić information content (AvgIpc) is 2.96. The van der Waals surface area contributed by atoms with Crippen molar-refractivity contribution >= 4 is 11.9 Å². The maximum Gasteiger partial charge on any atom is 0.337 e. The van der Waals surface area contributed by atoms with Crippen molar-refractivity contribution in [3.8, 4) is 22.6 Å². The van der Waals surface area contributed by atoms with E-state index >= 15 is 0 Å². The van der Waals surface area contributed by atoms with Crippen molar-refractivity contribution in [2.45, 2.75) is 45.7 Å². The predicted molar refractivity (Wildman–Crippen MR) is 148 cm³/mol. The summed E-state index contributed by atoms with van der Waals surface area (Å²) >= 11 is 0. The first-order valence-corrected chi connectivity index (χ1v) is 13.8. The van der Waals surface area contributed by atoms with E-state index < -0.39 is 5.97 Å². The van der Waals surface area contributed by atoms with Gasteiger partial charge < -0.3 is 19.5 Å². The fourth-order valence-corrected chi connectivity index (χ4v) is 5.63. The van der Waals surface area contributed by atoms with Gasteiger partial charge in [0.15, 0.2) is 11.5 Å². The van der Waals surface area contributed by atoms with Gasteiger partial charge in [-0.2, -0.15) is 0 Å². The van der Waals surface area contributed by atoms with E-state index in [1.165, 1.54) is 24.4 Å². The Balaban J connectivity index is 1.30. The number of rotatable bonds is 9. The average molecular weight is 548 g/mol. The third-order valence-electron chi connectivity index (χ3n) is 7.62. The lowest BCUT2D eigenvalue weighted by molar-refractivity contribution is 0.0543. The molecule has 1 saturated heterocycles. The molecule has 9 heteroatoms. The van der Waals surface area contributed by atoms with E-state index in [1.54, 1.807) is 12.1 Å². The molecule has 0 bridgehead atoms. The van der Waals surface area contributed by atoms with Gasteiger partial charge in [0.05, 0.1) is 30.0 Å². The Morgan fingerprint density at radius 1 is 1.00 bits per heavy atom. The van der Waals surface area contributed by atoms with Crippen LogP contribution in [0.1, 0.15) is 58.7 Å². The molecule has 2 aromatic carbocycles. The SMILES string of the molecule is CCOc1c(CN2CCC(N3CCc4ncc(C(=O)O)cc4C3=O)CC2)ccc(-c2ccc(F)cc2)c1OCC. The quantitative estimate of drug-likeness (QED) is 0.401. The normalized spacial score (nSPS) is 16.1. The maximum absolute atomic E-state index is 13.5. The fraction of sp³-hybridized carbons (Fsp3) is 0.387. The molecule has 1 fully saturated rings. The van der Waals surface area contributed by atoms with Crippen molar-refractivity contribution in [2.24, 2.45) is 0 Å². The summed E-state index contributed by atoms with van der Waals surface area (Å²) in [7, 11) is 0. The van der Waals surface area contributed by atoms with Crippen LogP contribution in [0.2, 0.25) is 0 Å². The minimum absolute atomic E-state index is 0.0331. The van der Waals surface area contributed by atoms with Gasteiger partial charge >= 0.3 is 5.97 Å². The van der Waals surface area contributed by atoms with Crippen molar-refractivity contribution in [1.82, 2.24) is 14.8 Å². The van der Waals surface area contributed by atoms with E-state index in [4.69, 9.17) is 9.47 Å². The molecule has 40 heavy (non-hydrogen) atoms. The number of aromatic nitrogens is 1. The van der Waals surface area contributed by atoms with Crippen LogP contribution in [0, 0.1) is 5.82 Å². The van der Waals surface area contributed by atoms with Gasteiger partial charge in [-0.05, 0) is 50.5 Å². The van der Waals surface area contributed by atoms with Gasteiger partial charge in [-0.15, -0.1) is 0 Å². The van der Waals surface area contributed by atoms with Gasteiger partial charge in [0.1, 0.15) is 5.82 Å².